The van der Waals surface area contributed by atoms with Crippen LogP contribution in [0.3, 0.4) is 0 Å². The van der Waals surface area contributed by atoms with Crippen molar-refractivity contribution in [2.45, 2.75) is 45.7 Å². The molecule has 1 amide bonds. The number of aromatic nitrogens is 1. The van der Waals surface area contributed by atoms with Gasteiger partial charge in [-0.15, -0.1) is 0 Å². The number of carbonyl (C=O) groups excluding carboxylic acids is 1. The lowest BCUT2D eigenvalue weighted by Crippen LogP contribution is -2.46. The lowest BCUT2D eigenvalue weighted by atomic mass is 10.0. The van der Waals surface area contributed by atoms with E-state index in [-0.39, 0.29) is 5.91 Å². The van der Waals surface area contributed by atoms with E-state index >= 15 is 0 Å². The fraction of sp³-hybridized carbons (Fsp3) is 0.500. The van der Waals surface area contributed by atoms with Gasteiger partial charge in [0.1, 0.15) is 5.76 Å². The van der Waals surface area contributed by atoms with Crippen molar-refractivity contribution in [1.82, 2.24) is 15.0 Å². The third kappa shape index (κ3) is 4.69. The van der Waals surface area contributed by atoms with Gasteiger partial charge in [0.05, 0.1) is 12.1 Å². The lowest BCUT2D eigenvalue weighted by Gasteiger charge is -2.38. The van der Waals surface area contributed by atoms with Crippen LogP contribution in [0.1, 0.15) is 36.8 Å². The Morgan fingerprint density at radius 3 is 2.60 bits per heavy atom. The molecule has 1 aromatic carbocycles. The van der Waals surface area contributed by atoms with Gasteiger partial charge in [0.2, 0.25) is 5.91 Å². The first-order valence-corrected chi connectivity index (χ1v) is 9.13. The van der Waals surface area contributed by atoms with Gasteiger partial charge in [-0.1, -0.05) is 42.4 Å². The summed E-state index contributed by atoms with van der Waals surface area (Å²) in [5.74, 6) is 0.796. The summed E-state index contributed by atoms with van der Waals surface area (Å²) in [6.07, 6.45) is 2.37. The first-order valence-electron chi connectivity index (χ1n) is 9.13. The maximum atomic E-state index is 12.4. The fourth-order valence-corrected chi connectivity index (χ4v) is 3.56. The van der Waals surface area contributed by atoms with E-state index < -0.39 is 0 Å². The second-order valence-corrected chi connectivity index (χ2v) is 6.77. The van der Waals surface area contributed by atoms with Gasteiger partial charge in [0.25, 0.3) is 0 Å². The Labute approximate surface area is 149 Å². The molecule has 0 atom stereocenters. The summed E-state index contributed by atoms with van der Waals surface area (Å²) >= 11 is 0. The van der Waals surface area contributed by atoms with Gasteiger partial charge in [-0.2, -0.15) is 0 Å². The van der Waals surface area contributed by atoms with E-state index in [9.17, 15) is 4.79 Å². The molecular weight excluding hydrogens is 314 g/mol. The van der Waals surface area contributed by atoms with E-state index in [1.54, 1.807) is 0 Å². The minimum atomic E-state index is 0.140. The topological polar surface area (TPSA) is 49.6 Å². The highest BCUT2D eigenvalue weighted by atomic mass is 16.5. The highest BCUT2D eigenvalue weighted by Gasteiger charge is 2.26. The highest BCUT2D eigenvalue weighted by Crippen LogP contribution is 2.19. The van der Waals surface area contributed by atoms with Crippen LogP contribution in [0.15, 0.2) is 40.9 Å². The molecule has 1 aliphatic rings. The number of carbonyl (C=O) groups is 1. The molecule has 1 saturated heterocycles. The molecule has 25 heavy (non-hydrogen) atoms. The van der Waals surface area contributed by atoms with Crippen LogP contribution in [0.25, 0.3) is 0 Å². The average molecular weight is 341 g/mol. The summed E-state index contributed by atoms with van der Waals surface area (Å²) in [5, 5.41) is 3.85. The lowest BCUT2D eigenvalue weighted by molar-refractivity contribution is -0.132. The van der Waals surface area contributed by atoms with Crippen molar-refractivity contribution < 1.29 is 9.32 Å². The number of piperidine rings is 1. The van der Waals surface area contributed by atoms with Crippen molar-refractivity contribution in [2.75, 3.05) is 19.6 Å². The molecule has 1 fully saturated rings. The molecule has 1 aliphatic heterocycles. The van der Waals surface area contributed by atoms with E-state index in [4.69, 9.17) is 4.52 Å². The third-order valence-electron chi connectivity index (χ3n) is 4.97. The number of hydrogen-bond acceptors (Lipinski definition) is 4. The fourth-order valence-electron chi connectivity index (χ4n) is 3.56. The Morgan fingerprint density at radius 2 is 2.00 bits per heavy atom. The average Bonchev–Trinajstić information content (AvgIpc) is 3.05. The van der Waals surface area contributed by atoms with Gasteiger partial charge in [-0.3, -0.25) is 9.69 Å². The van der Waals surface area contributed by atoms with Crippen LogP contribution < -0.4 is 0 Å². The zero-order valence-electron chi connectivity index (χ0n) is 15.1. The monoisotopic (exact) mass is 341 g/mol. The number of benzene rings is 1. The van der Waals surface area contributed by atoms with Crippen molar-refractivity contribution in [1.29, 1.82) is 0 Å². The number of amides is 1. The Morgan fingerprint density at radius 1 is 1.28 bits per heavy atom. The van der Waals surface area contributed by atoms with Gasteiger partial charge in [0, 0.05) is 31.7 Å². The summed E-state index contributed by atoms with van der Waals surface area (Å²) in [4.78, 5) is 16.9. The van der Waals surface area contributed by atoms with E-state index in [0.29, 0.717) is 18.2 Å². The Balaban J connectivity index is 1.50. The van der Waals surface area contributed by atoms with E-state index in [2.05, 4.69) is 47.3 Å². The second kappa shape index (κ2) is 8.30. The molecule has 3 rings (SSSR count). The van der Waals surface area contributed by atoms with Crippen molar-refractivity contribution >= 4 is 5.91 Å². The van der Waals surface area contributed by atoms with Crippen molar-refractivity contribution in [3.8, 4) is 0 Å². The van der Waals surface area contributed by atoms with Crippen molar-refractivity contribution in [2.24, 2.45) is 0 Å². The Bertz CT molecular complexity index is 675. The van der Waals surface area contributed by atoms with Crippen LogP contribution in [0.2, 0.25) is 0 Å². The molecule has 0 bridgehead atoms. The normalized spacial score (nSPS) is 15.7. The van der Waals surface area contributed by atoms with E-state index in [0.717, 1.165) is 44.7 Å². The minimum Gasteiger partial charge on any atom is -0.361 e. The molecule has 0 radical (unpaired) electrons. The summed E-state index contributed by atoms with van der Waals surface area (Å²) in [5.41, 5.74) is 2.17. The Hall–Kier alpha value is -2.14. The molecule has 0 spiro atoms. The second-order valence-electron chi connectivity index (χ2n) is 6.77. The maximum Gasteiger partial charge on any atom is 0.230 e. The highest BCUT2D eigenvalue weighted by molar-refractivity contribution is 5.78. The molecule has 134 valence electrons. The van der Waals surface area contributed by atoms with Crippen LogP contribution in [-0.2, 0) is 17.8 Å². The van der Waals surface area contributed by atoms with E-state index in [1.165, 1.54) is 5.56 Å². The summed E-state index contributed by atoms with van der Waals surface area (Å²) in [6, 6.07) is 13.0. The molecule has 2 heterocycles. The number of nitrogens with zero attached hydrogens (tertiary/aromatic N) is 3. The molecule has 5 heteroatoms. The van der Waals surface area contributed by atoms with Crippen LogP contribution in [0.4, 0.5) is 0 Å². The standard InChI is InChI=1S/C20H27N3O2/c1-3-22(15-17-7-5-4-6-8-17)18-9-11-23(12-10-18)20(24)14-19-13-16(2)21-25-19/h4-8,13,18H,3,9-12,14-15H2,1-2H3. The smallest absolute Gasteiger partial charge is 0.230 e. The molecule has 0 N–H and O–H groups in total. The molecule has 2 aromatic rings. The van der Waals surface area contributed by atoms with Gasteiger partial charge in [0.15, 0.2) is 0 Å². The molecule has 0 aliphatic carbocycles. The quantitative estimate of drug-likeness (QED) is 0.810. The predicted octanol–water partition coefficient (Wildman–Crippen LogP) is 3.04. The van der Waals surface area contributed by atoms with Crippen molar-refractivity contribution in [3.63, 3.8) is 0 Å². The Kier molecular flexibility index (Phi) is 5.87. The largest absolute Gasteiger partial charge is 0.361 e. The van der Waals surface area contributed by atoms with Crippen LogP contribution in [-0.4, -0.2) is 46.5 Å². The predicted molar refractivity (Wildman–Crippen MR) is 97.1 cm³/mol. The van der Waals surface area contributed by atoms with Gasteiger partial charge in [-0.05, 0) is 31.9 Å². The van der Waals surface area contributed by atoms with Gasteiger partial charge in [-0.25, -0.2) is 0 Å². The minimum absolute atomic E-state index is 0.140. The first-order chi connectivity index (χ1) is 12.2. The summed E-state index contributed by atoms with van der Waals surface area (Å²) in [7, 11) is 0. The number of hydrogen-bond donors (Lipinski definition) is 0. The van der Waals surface area contributed by atoms with Crippen molar-refractivity contribution in [3.05, 3.63) is 53.4 Å². The molecule has 5 nitrogen and oxygen atoms in total. The van der Waals surface area contributed by atoms with Gasteiger partial charge >= 0.3 is 0 Å². The number of aryl methyl sites for hydroxylation is 1. The van der Waals surface area contributed by atoms with Crippen LogP contribution in [0.5, 0.6) is 0 Å². The number of rotatable bonds is 6. The van der Waals surface area contributed by atoms with Crippen LogP contribution >= 0.6 is 0 Å². The van der Waals surface area contributed by atoms with Gasteiger partial charge < -0.3 is 9.42 Å². The summed E-state index contributed by atoms with van der Waals surface area (Å²) < 4.78 is 5.16. The zero-order chi connectivity index (χ0) is 17.6. The SMILES string of the molecule is CCN(Cc1ccccc1)C1CCN(C(=O)Cc2cc(C)no2)CC1. The van der Waals surface area contributed by atoms with E-state index in [1.807, 2.05) is 17.9 Å². The third-order valence-corrected chi connectivity index (χ3v) is 4.97. The maximum absolute atomic E-state index is 12.4. The molecule has 1 aromatic heterocycles. The first kappa shape index (κ1) is 17.7. The zero-order valence-corrected chi connectivity index (χ0v) is 15.1. The molecule has 0 saturated carbocycles. The molecule has 0 unspecified atom stereocenters. The molecular formula is C20H27N3O2. The number of likely N-dealkylation sites (tertiary alicyclic amines) is 1. The van der Waals surface area contributed by atoms with Crippen LogP contribution in [0, 0.1) is 6.92 Å². The summed E-state index contributed by atoms with van der Waals surface area (Å²) in [6.45, 7) is 7.74.